The molecule has 0 bridgehead atoms. The number of aryl methyl sites for hydroxylation is 2. The summed E-state index contributed by atoms with van der Waals surface area (Å²) in [6, 6.07) is 15.6. The normalized spacial score (nSPS) is 15.6. The summed E-state index contributed by atoms with van der Waals surface area (Å²) in [7, 11) is 1.50. The highest BCUT2D eigenvalue weighted by Gasteiger charge is 2.46. The van der Waals surface area contributed by atoms with Crippen LogP contribution in [0.25, 0.3) is 10.6 Å². The van der Waals surface area contributed by atoms with E-state index in [1.807, 2.05) is 48.7 Å². The minimum Gasteiger partial charge on any atom is -0.503 e. The number of thiophene rings is 1. The van der Waals surface area contributed by atoms with E-state index in [0.717, 1.165) is 16.0 Å². The highest BCUT2D eigenvalue weighted by atomic mass is 35.5. The number of anilines is 1. The lowest BCUT2D eigenvalue weighted by molar-refractivity contribution is -0.117. The molecule has 0 radical (unpaired) electrons. The number of methoxy groups -OCH3 is 1. The maximum atomic E-state index is 14.0. The van der Waals surface area contributed by atoms with E-state index in [2.05, 4.69) is 4.98 Å². The zero-order valence-electron chi connectivity index (χ0n) is 19.6. The van der Waals surface area contributed by atoms with Gasteiger partial charge >= 0.3 is 0 Å². The van der Waals surface area contributed by atoms with Crippen molar-refractivity contribution in [1.29, 1.82) is 0 Å². The number of hydrogen-bond acceptors (Lipinski definition) is 7. The maximum absolute atomic E-state index is 14.0. The molecule has 4 aromatic rings. The minimum atomic E-state index is -0.809. The Morgan fingerprint density at radius 1 is 1.14 bits per heavy atom. The molecule has 1 atom stereocenters. The fraction of sp³-hybridized carbons (Fsp3) is 0.148. The number of benzene rings is 2. The molecule has 0 saturated heterocycles. The van der Waals surface area contributed by atoms with Crippen LogP contribution in [0.5, 0.6) is 5.75 Å². The Kier molecular flexibility index (Phi) is 6.42. The number of aliphatic hydroxyl groups is 1. The van der Waals surface area contributed by atoms with Crippen molar-refractivity contribution >= 4 is 51.7 Å². The maximum Gasteiger partial charge on any atom is 0.294 e. The molecule has 182 valence electrons. The standard InChI is InChI=1S/C27H21ClN2O4S2/c1-14-11-12-35-24(14)21-20(22(31)25-15(2)29-26(36-25)16-7-5-4-6-8-16)23(32)27(33)30(21)17-9-10-19(34-3)18(28)13-17/h4-13,21,32H,1-3H3. The summed E-state index contributed by atoms with van der Waals surface area (Å²) in [5, 5.41) is 14.0. The molecule has 36 heavy (non-hydrogen) atoms. The summed E-state index contributed by atoms with van der Waals surface area (Å²) < 4.78 is 5.25. The van der Waals surface area contributed by atoms with Gasteiger partial charge in [-0.1, -0.05) is 41.9 Å². The van der Waals surface area contributed by atoms with Crippen molar-refractivity contribution in [2.24, 2.45) is 0 Å². The van der Waals surface area contributed by atoms with Crippen molar-refractivity contribution in [2.45, 2.75) is 19.9 Å². The number of amides is 1. The lowest BCUT2D eigenvalue weighted by Gasteiger charge is -2.26. The van der Waals surface area contributed by atoms with Gasteiger partial charge in [0.05, 0.1) is 28.3 Å². The van der Waals surface area contributed by atoms with Crippen LogP contribution in [0.2, 0.25) is 5.02 Å². The fourth-order valence-electron chi connectivity index (χ4n) is 4.25. The van der Waals surface area contributed by atoms with Gasteiger partial charge in [-0.3, -0.25) is 14.5 Å². The minimum absolute atomic E-state index is 0.0313. The quantitative estimate of drug-likeness (QED) is 0.270. The van der Waals surface area contributed by atoms with Crippen LogP contribution < -0.4 is 9.64 Å². The Morgan fingerprint density at radius 2 is 1.89 bits per heavy atom. The van der Waals surface area contributed by atoms with Gasteiger partial charge in [0.2, 0.25) is 5.78 Å². The van der Waals surface area contributed by atoms with Crippen LogP contribution in [0, 0.1) is 13.8 Å². The van der Waals surface area contributed by atoms with Gasteiger partial charge in [-0.05, 0) is 49.1 Å². The van der Waals surface area contributed by atoms with E-state index < -0.39 is 23.5 Å². The molecule has 2 aromatic heterocycles. The van der Waals surface area contributed by atoms with E-state index in [1.54, 1.807) is 25.1 Å². The molecular weight excluding hydrogens is 516 g/mol. The first-order chi connectivity index (χ1) is 17.3. The van der Waals surface area contributed by atoms with Gasteiger partial charge < -0.3 is 9.84 Å². The fourth-order valence-corrected chi connectivity index (χ4v) is 6.56. The van der Waals surface area contributed by atoms with E-state index in [4.69, 9.17) is 16.3 Å². The number of carbonyl (C=O) groups is 2. The van der Waals surface area contributed by atoms with Gasteiger partial charge in [0, 0.05) is 16.1 Å². The number of thiazole rings is 1. The number of ether oxygens (including phenoxy) is 1. The number of rotatable bonds is 6. The predicted molar refractivity (Wildman–Crippen MR) is 144 cm³/mol. The summed E-state index contributed by atoms with van der Waals surface area (Å²) in [6.45, 7) is 3.68. The first-order valence-corrected chi connectivity index (χ1v) is 13.1. The first-order valence-electron chi connectivity index (χ1n) is 11.0. The molecule has 0 aliphatic carbocycles. The number of ketones is 1. The third-order valence-corrected chi connectivity index (χ3v) is 8.61. The van der Waals surface area contributed by atoms with Crippen LogP contribution in [0.4, 0.5) is 5.69 Å². The molecule has 5 rings (SSSR count). The molecule has 1 unspecified atom stereocenters. The average Bonchev–Trinajstić information content (AvgIpc) is 3.55. The summed E-state index contributed by atoms with van der Waals surface area (Å²) in [5.41, 5.74) is 2.83. The number of nitrogens with zero attached hydrogens (tertiary/aromatic N) is 2. The highest BCUT2D eigenvalue weighted by Crippen LogP contribution is 2.46. The number of aromatic nitrogens is 1. The van der Waals surface area contributed by atoms with Gasteiger partial charge in [-0.25, -0.2) is 4.98 Å². The lowest BCUT2D eigenvalue weighted by Crippen LogP contribution is -2.31. The van der Waals surface area contributed by atoms with E-state index >= 15 is 0 Å². The van der Waals surface area contributed by atoms with Crippen molar-refractivity contribution in [3.8, 4) is 16.3 Å². The Balaban J connectivity index is 1.63. The molecule has 9 heteroatoms. The van der Waals surface area contributed by atoms with E-state index in [9.17, 15) is 14.7 Å². The molecule has 0 spiro atoms. The number of Topliss-reactive ketones (excluding diaryl/α,β-unsaturated/α-hetero) is 1. The zero-order chi connectivity index (χ0) is 25.6. The van der Waals surface area contributed by atoms with Gasteiger partial charge in [-0.2, -0.15) is 0 Å². The Bertz CT molecular complexity index is 1520. The van der Waals surface area contributed by atoms with Crippen LogP contribution in [-0.4, -0.2) is 28.9 Å². The van der Waals surface area contributed by atoms with Crippen molar-refractivity contribution in [3.63, 3.8) is 0 Å². The summed E-state index contributed by atoms with van der Waals surface area (Å²) in [5.74, 6) is -1.20. The van der Waals surface area contributed by atoms with Crippen molar-refractivity contribution in [3.05, 3.63) is 97.3 Å². The van der Waals surface area contributed by atoms with Gasteiger partial charge in [-0.15, -0.1) is 22.7 Å². The SMILES string of the molecule is COc1ccc(N2C(=O)C(O)=C(C(=O)c3sc(-c4ccccc4)nc3C)C2c2sccc2C)cc1Cl. The molecule has 2 aromatic carbocycles. The average molecular weight is 537 g/mol. The molecule has 1 N–H and O–H groups in total. The highest BCUT2D eigenvalue weighted by molar-refractivity contribution is 7.17. The lowest BCUT2D eigenvalue weighted by atomic mass is 9.98. The summed E-state index contributed by atoms with van der Waals surface area (Å²) >= 11 is 9.03. The molecule has 3 heterocycles. The van der Waals surface area contributed by atoms with Crippen molar-refractivity contribution in [2.75, 3.05) is 12.0 Å². The second-order valence-corrected chi connectivity index (χ2v) is 10.6. The number of halogens is 1. The van der Waals surface area contributed by atoms with Crippen LogP contribution in [-0.2, 0) is 4.79 Å². The molecule has 0 saturated carbocycles. The van der Waals surface area contributed by atoms with Crippen molar-refractivity contribution in [1.82, 2.24) is 4.98 Å². The second-order valence-electron chi connectivity index (χ2n) is 8.26. The van der Waals surface area contributed by atoms with Crippen molar-refractivity contribution < 1.29 is 19.4 Å². The Labute approximate surface area is 221 Å². The van der Waals surface area contributed by atoms with Crippen LogP contribution in [0.3, 0.4) is 0 Å². The molecule has 1 amide bonds. The predicted octanol–water partition coefficient (Wildman–Crippen LogP) is 6.93. The summed E-state index contributed by atoms with van der Waals surface area (Å²) in [4.78, 5) is 34.6. The number of carbonyl (C=O) groups excluding carboxylic acids is 2. The largest absolute Gasteiger partial charge is 0.503 e. The molecule has 6 nitrogen and oxygen atoms in total. The van der Waals surface area contributed by atoms with Crippen LogP contribution in [0.1, 0.15) is 31.8 Å². The van der Waals surface area contributed by atoms with E-state index in [1.165, 1.54) is 34.7 Å². The molecule has 1 aliphatic heterocycles. The third-order valence-electron chi connectivity index (χ3n) is 6.04. The van der Waals surface area contributed by atoms with Crippen LogP contribution >= 0.6 is 34.3 Å². The third kappa shape index (κ3) is 4.01. The zero-order valence-corrected chi connectivity index (χ0v) is 22.0. The Hall–Kier alpha value is -3.46. The van der Waals surface area contributed by atoms with E-state index in [0.29, 0.717) is 32.0 Å². The van der Waals surface area contributed by atoms with Crippen LogP contribution in [0.15, 0.2) is 71.3 Å². The summed E-state index contributed by atoms with van der Waals surface area (Å²) in [6.07, 6.45) is 0. The van der Waals surface area contributed by atoms with Gasteiger partial charge in [0.15, 0.2) is 5.76 Å². The number of hydrogen-bond donors (Lipinski definition) is 1. The first kappa shape index (κ1) is 24.2. The number of aliphatic hydroxyl groups excluding tert-OH is 1. The van der Waals surface area contributed by atoms with Gasteiger partial charge in [0.25, 0.3) is 5.91 Å². The Morgan fingerprint density at radius 3 is 2.53 bits per heavy atom. The molecule has 1 aliphatic rings. The second kappa shape index (κ2) is 9.54. The van der Waals surface area contributed by atoms with E-state index in [-0.39, 0.29) is 5.57 Å². The smallest absolute Gasteiger partial charge is 0.294 e. The topological polar surface area (TPSA) is 79.7 Å². The monoisotopic (exact) mass is 536 g/mol. The molecule has 0 fully saturated rings. The molecular formula is C27H21ClN2O4S2. The van der Waals surface area contributed by atoms with Gasteiger partial charge in [0.1, 0.15) is 16.8 Å².